The first kappa shape index (κ1) is 20.4. The summed E-state index contributed by atoms with van der Waals surface area (Å²) >= 11 is 0. The highest BCUT2D eigenvalue weighted by atomic mass is 32.2. The molecule has 0 atom stereocenters. The summed E-state index contributed by atoms with van der Waals surface area (Å²) in [5.74, 6) is -1.65. The van der Waals surface area contributed by atoms with Gasteiger partial charge in [0.2, 0.25) is 21.8 Å². The van der Waals surface area contributed by atoms with Crippen LogP contribution in [0.5, 0.6) is 0 Å². The first-order chi connectivity index (χ1) is 12.7. The van der Waals surface area contributed by atoms with Crippen LogP contribution in [0.2, 0.25) is 0 Å². The van der Waals surface area contributed by atoms with E-state index in [1.807, 2.05) is 0 Å². The first-order valence-electron chi connectivity index (χ1n) is 8.13. The van der Waals surface area contributed by atoms with E-state index in [9.17, 15) is 22.4 Å². The number of sulfonamides is 1. The summed E-state index contributed by atoms with van der Waals surface area (Å²) in [5, 5.41) is 5.04. The number of hydrogen-bond donors (Lipinski definition) is 3. The number of halogens is 1. The van der Waals surface area contributed by atoms with Gasteiger partial charge in [0, 0.05) is 31.1 Å². The highest BCUT2D eigenvalue weighted by Crippen LogP contribution is 2.16. The molecule has 0 aromatic heterocycles. The van der Waals surface area contributed by atoms with E-state index in [2.05, 4.69) is 15.4 Å². The molecule has 0 unspecified atom stereocenters. The fourth-order valence-electron chi connectivity index (χ4n) is 2.25. The number of hydrogen-bond acceptors (Lipinski definition) is 4. The quantitative estimate of drug-likeness (QED) is 0.640. The number of carbonyl (C=O) groups excluding carboxylic acids is 2. The SMILES string of the molecule is CC(=O)Nc1cccc(NS(=O)(=O)CCC(=O)NCc2ccccc2F)c1. The van der Waals surface area contributed by atoms with Crippen molar-refractivity contribution in [3.8, 4) is 0 Å². The highest BCUT2D eigenvalue weighted by Gasteiger charge is 2.14. The zero-order valence-corrected chi connectivity index (χ0v) is 15.5. The first-order valence-corrected chi connectivity index (χ1v) is 9.79. The van der Waals surface area contributed by atoms with Gasteiger partial charge in [-0.1, -0.05) is 24.3 Å². The van der Waals surface area contributed by atoms with E-state index < -0.39 is 27.5 Å². The highest BCUT2D eigenvalue weighted by molar-refractivity contribution is 7.92. The van der Waals surface area contributed by atoms with Crippen molar-refractivity contribution in [2.24, 2.45) is 0 Å². The fourth-order valence-corrected chi connectivity index (χ4v) is 3.29. The number of benzene rings is 2. The van der Waals surface area contributed by atoms with E-state index in [-0.39, 0.29) is 24.6 Å². The smallest absolute Gasteiger partial charge is 0.233 e. The van der Waals surface area contributed by atoms with Crippen molar-refractivity contribution in [3.63, 3.8) is 0 Å². The number of anilines is 2. The normalized spacial score (nSPS) is 10.9. The second-order valence-electron chi connectivity index (χ2n) is 5.80. The third-order valence-corrected chi connectivity index (χ3v) is 4.78. The Bertz CT molecular complexity index is 932. The largest absolute Gasteiger partial charge is 0.352 e. The minimum absolute atomic E-state index is 0.0161. The molecule has 0 heterocycles. The third kappa shape index (κ3) is 7.06. The molecule has 27 heavy (non-hydrogen) atoms. The van der Waals surface area contributed by atoms with Gasteiger partial charge in [-0.3, -0.25) is 14.3 Å². The van der Waals surface area contributed by atoms with Crippen LogP contribution in [0.3, 0.4) is 0 Å². The maximum absolute atomic E-state index is 13.5. The predicted molar refractivity (Wildman–Crippen MR) is 101 cm³/mol. The average molecular weight is 393 g/mol. The van der Waals surface area contributed by atoms with Gasteiger partial charge in [-0.2, -0.15) is 0 Å². The Labute approximate surface area is 157 Å². The summed E-state index contributed by atoms with van der Waals surface area (Å²) in [5.41, 5.74) is 1.04. The molecule has 0 fully saturated rings. The van der Waals surface area contributed by atoms with E-state index in [0.29, 0.717) is 11.3 Å². The molecule has 0 aliphatic carbocycles. The van der Waals surface area contributed by atoms with Gasteiger partial charge in [0.25, 0.3) is 0 Å². The van der Waals surface area contributed by atoms with Gasteiger partial charge in [0.05, 0.1) is 11.4 Å². The van der Waals surface area contributed by atoms with Crippen molar-refractivity contribution in [1.82, 2.24) is 5.32 Å². The molecule has 7 nitrogen and oxygen atoms in total. The van der Waals surface area contributed by atoms with Crippen LogP contribution in [0.15, 0.2) is 48.5 Å². The molecule has 0 aliphatic heterocycles. The van der Waals surface area contributed by atoms with Crippen molar-refractivity contribution >= 4 is 33.2 Å². The van der Waals surface area contributed by atoms with Crippen molar-refractivity contribution in [2.45, 2.75) is 19.9 Å². The van der Waals surface area contributed by atoms with Crippen LogP contribution in [0.25, 0.3) is 0 Å². The summed E-state index contributed by atoms with van der Waals surface area (Å²) in [6.45, 7) is 1.33. The molecule has 0 bridgehead atoms. The molecular formula is C18H20FN3O4S. The van der Waals surface area contributed by atoms with Gasteiger partial charge in [0.15, 0.2) is 0 Å². The Kier molecular flexibility index (Phi) is 6.89. The Morgan fingerprint density at radius 3 is 2.44 bits per heavy atom. The van der Waals surface area contributed by atoms with Gasteiger partial charge in [0.1, 0.15) is 5.82 Å². The van der Waals surface area contributed by atoms with Crippen LogP contribution in [-0.2, 0) is 26.2 Å². The van der Waals surface area contributed by atoms with Crippen molar-refractivity contribution in [2.75, 3.05) is 15.8 Å². The predicted octanol–water partition coefficient (Wildman–Crippen LogP) is 2.23. The number of rotatable bonds is 8. The second-order valence-corrected chi connectivity index (χ2v) is 7.64. The van der Waals surface area contributed by atoms with E-state index in [0.717, 1.165) is 0 Å². The molecule has 0 saturated carbocycles. The molecule has 9 heteroatoms. The van der Waals surface area contributed by atoms with Gasteiger partial charge in [-0.05, 0) is 24.3 Å². The molecule has 0 saturated heterocycles. The standard InChI is InChI=1S/C18H20FN3O4S/c1-13(23)21-15-6-4-7-16(11-15)22-27(25,26)10-9-18(24)20-12-14-5-2-3-8-17(14)19/h2-8,11,22H,9-10,12H2,1H3,(H,20,24)(H,21,23). The Balaban J connectivity index is 1.86. The molecule has 0 aliphatic rings. The molecule has 144 valence electrons. The molecule has 2 rings (SSSR count). The summed E-state index contributed by atoms with van der Waals surface area (Å²) in [6.07, 6.45) is -0.269. The van der Waals surface area contributed by atoms with Crippen LogP contribution >= 0.6 is 0 Å². The zero-order chi connectivity index (χ0) is 19.9. The molecule has 2 aromatic rings. The van der Waals surface area contributed by atoms with E-state index in [4.69, 9.17) is 0 Å². The van der Waals surface area contributed by atoms with Gasteiger partial charge < -0.3 is 10.6 Å². The van der Waals surface area contributed by atoms with Crippen molar-refractivity contribution < 1.29 is 22.4 Å². The van der Waals surface area contributed by atoms with Crippen LogP contribution in [0, 0.1) is 5.82 Å². The summed E-state index contributed by atoms with van der Waals surface area (Å²) < 4.78 is 40.1. The minimum atomic E-state index is -3.76. The number of amides is 2. The topological polar surface area (TPSA) is 104 Å². The average Bonchev–Trinajstić information content (AvgIpc) is 2.59. The third-order valence-electron chi connectivity index (χ3n) is 3.49. The minimum Gasteiger partial charge on any atom is -0.352 e. The Hall–Kier alpha value is -2.94. The lowest BCUT2D eigenvalue weighted by atomic mass is 10.2. The maximum atomic E-state index is 13.5. The molecule has 2 aromatic carbocycles. The lowest BCUT2D eigenvalue weighted by Crippen LogP contribution is -2.27. The maximum Gasteiger partial charge on any atom is 0.233 e. The van der Waals surface area contributed by atoms with Crippen LogP contribution in [0.4, 0.5) is 15.8 Å². The monoisotopic (exact) mass is 393 g/mol. The Morgan fingerprint density at radius 2 is 1.74 bits per heavy atom. The fraction of sp³-hybridized carbons (Fsp3) is 0.222. The van der Waals surface area contributed by atoms with Crippen LogP contribution < -0.4 is 15.4 Å². The van der Waals surface area contributed by atoms with E-state index >= 15 is 0 Å². The second kappa shape index (κ2) is 9.13. The number of carbonyl (C=O) groups is 2. The van der Waals surface area contributed by atoms with Gasteiger partial charge in [-0.15, -0.1) is 0 Å². The van der Waals surface area contributed by atoms with Crippen molar-refractivity contribution in [1.29, 1.82) is 0 Å². The molecule has 3 N–H and O–H groups in total. The summed E-state index contributed by atoms with van der Waals surface area (Å²) in [7, 11) is -3.76. The lowest BCUT2D eigenvalue weighted by Gasteiger charge is -2.10. The van der Waals surface area contributed by atoms with Gasteiger partial charge in [-0.25, -0.2) is 12.8 Å². The van der Waals surface area contributed by atoms with E-state index in [1.54, 1.807) is 24.3 Å². The zero-order valence-electron chi connectivity index (χ0n) is 14.7. The summed E-state index contributed by atoms with van der Waals surface area (Å²) in [6, 6.07) is 12.2. The molecule has 0 radical (unpaired) electrons. The van der Waals surface area contributed by atoms with Crippen LogP contribution in [-0.4, -0.2) is 26.0 Å². The van der Waals surface area contributed by atoms with E-state index in [1.165, 1.54) is 31.2 Å². The Morgan fingerprint density at radius 1 is 1.04 bits per heavy atom. The molecule has 0 spiro atoms. The molecule has 2 amide bonds. The number of nitrogens with one attached hydrogen (secondary N) is 3. The summed E-state index contributed by atoms with van der Waals surface area (Å²) in [4.78, 5) is 22.9. The lowest BCUT2D eigenvalue weighted by molar-refractivity contribution is -0.120. The van der Waals surface area contributed by atoms with Gasteiger partial charge >= 0.3 is 0 Å². The molecular weight excluding hydrogens is 373 g/mol. The van der Waals surface area contributed by atoms with Crippen LogP contribution in [0.1, 0.15) is 18.9 Å². The van der Waals surface area contributed by atoms with Crippen molar-refractivity contribution in [3.05, 3.63) is 59.9 Å².